The highest BCUT2D eigenvalue weighted by molar-refractivity contribution is 6.42. The van der Waals surface area contributed by atoms with E-state index in [1.807, 2.05) is 18.2 Å². The average Bonchev–Trinajstić information content (AvgIpc) is 2.04. The van der Waals surface area contributed by atoms with E-state index in [1.54, 1.807) is 0 Å². The van der Waals surface area contributed by atoms with Crippen LogP contribution in [-0.2, 0) is 6.42 Å². The first-order chi connectivity index (χ1) is 6.27. The van der Waals surface area contributed by atoms with Gasteiger partial charge >= 0.3 is 0 Å². The highest BCUT2D eigenvalue weighted by Crippen LogP contribution is 2.27. The first-order valence-electron chi connectivity index (χ1n) is 4.41. The molecule has 0 saturated carbocycles. The van der Waals surface area contributed by atoms with E-state index < -0.39 is 0 Å². The fraction of sp³-hybridized carbons (Fsp3) is 0.400. The molecule has 0 aromatic heterocycles. The smallest absolute Gasteiger partial charge is 0.0624 e. The summed E-state index contributed by atoms with van der Waals surface area (Å²) in [5, 5.41) is 4.62. The summed E-state index contributed by atoms with van der Waals surface area (Å²) < 4.78 is 0. The summed E-state index contributed by atoms with van der Waals surface area (Å²) in [6.45, 7) is 2.20. The molecule has 0 amide bonds. The second-order valence-corrected chi connectivity index (χ2v) is 4.23. The SMILES string of the molecule is Clc1cccc(CC2CNC2)c1Cl. The monoisotopic (exact) mass is 215 g/mol. The number of benzene rings is 1. The predicted octanol–water partition coefficient (Wildman–Crippen LogP) is 2.76. The first kappa shape index (κ1) is 9.32. The van der Waals surface area contributed by atoms with E-state index in [4.69, 9.17) is 23.2 Å². The Kier molecular flexibility index (Phi) is 2.77. The largest absolute Gasteiger partial charge is 0.316 e. The molecule has 0 spiro atoms. The third kappa shape index (κ3) is 1.98. The number of halogens is 2. The van der Waals surface area contributed by atoms with Crippen molar-refractivity contribution < 1.29 is 0 Å². The van der Waals surface area contributed by atoms with Crippen molar-refractivity contribution in [1.29, 1.82) is 0 Å². The van der Waals surface area contributed by atoms with Crippen LogP contribution < -0.4 is 5.32 Å². The van der Waals surface area contributed by atoms with Gasteiger partial charge in [0.05, 0.1) is 10.0 Å². The van der Waals surface area contributed by atoms with Gasteiger partial charge in [-0.25, -0.2) is 0 Å². The Morgan fingerprint density at radius 1 is 1.31 bits per heavy atom. The van der Waals surface area contributed by atoms with E-state index >= 15 is 0 Å². The maximum absolute atomic E-state index is 6.07. The van der Waals surface area contributed by atoms with Crippen molar-refractivity contribution in [2.75, 3.05) is 13.1 Å². The second kappa shape index (κ2) is 3.87. The molecule has 3 heteroatoms. The van der Waals surface area contributed by atoms with Crippen molar-refractivity contribution in [1.82, 2.24) is 5.32 Å². The molecule has 1 saturated heterocycles. The van der Waals surface area contributed by atoms with Crippen LogP contribution in [0.3, 0.4) is 0 Å². The van der Waals surface area contributed by atoms with Gasteiger partial charge in [-0.1, -0.05) is 35.3 Å². The van der Waals surface area contributed by atoms with Crippen LogP contribution in [0.15, 0.2) is 18.2 Å². The van der Waals surface area contributed by atoms with Gasteiger partial charge in [-0.05, 0) is 37.1 Å². The Balaban J connectivity index is 2.14. The molecular weight excluding hydrogens is 205 g/mol. The Morgan fingerprint density at radius 2 is 2.08 bits per heavy atom. The fourth-order valence-corrected chi connectivity index (χ4v) is 1.91. The van der Waals surface area contributed by atoms with Crippen molar-refractivity contribution in [2.45, 2.75) is 6.42 Å². The van der Waals surface area contributed by atoms with Crippen LogP contribution in [0.4, 0.5) is 0 Å². The highest BCUT2D eigenvalue weighted by Gasteiger charge is 2.18. The number of rotatable bonds is 2. The van der Waals surface area contributed by atoms with E-state index in [1.165, 1.54) is 5.56 Å². The van der Waals surface area contributed by atoms with E-state index in [0.717, 1.165) is 30.5 Å². The molecule has 0 bridgehead atoms. The predicted molar refractivity (Wildman–Crippen MR) is 56.5 cm³/mol. The molecule has 0 aliphatic carbocycles. The molecule has 1 aliphatic heterocycles. The van der Waals surface area contributed by atoms with Gasteiger partial charge in [-0.15, -0.1) is 0 Å². The maximum Gasteiger partial charge on any atom is 0.0624 e. The van der Waals surface area contributed by atoms with E-state index in [2.05, 4.69) is 5.32 Å². The molecule has 1 aromatic carbocycles. The fourth-order valence-electron chi connectivity index (χ4n) is 1.51. The van der Waals surface area contributed by atoms with Gasteiger partial charge in [0.15, 0.2) is 0 Å². The lowest BCUT2D eigenvalue weighted by atomic mass is 9.94. The van der Waals surface area contributed by atoms with Crippen molar-refractivity contribution in [2.24, 2.45) is 5.92 Å². The summed E-state index contributed by atoms with van der Waals surface area (Å²) in [6, 6.07) is 5.83. The summed E-state index contributed by atoms with van der Waals surface area (Å²) >= 11 is 12.0. The third-order valence-corrected chi connectivity index (χ3v) is 3.26. The molecule has 0 radical (unpaired) electrons. The van der Waals surface area contributed by atoms with Crippen LogP contribution in [0, 0.1) is 5.92 Å². The maximum atomic E-state index is 6.07. The minimum atomic E-state index is 0.659. The number of hydrogen-bond donors (Lipinski definition) is 1. The van der Waals surface area contributed by atoms with Crippen molar-refractivity contribution in [3.8, 4) is 0 Å². The quantitative estimate of drug-likeness (QED) is 0.801. The summed E-state index contributed by atoms with van der Waals surface area (Å²) in [5.74, 6) is 0.732. The molecule has 1 fully saturated rings. The second-order valence-electron chi connectivity index (χ2n) is 3.44. The van der Waals surface area contributed by atoms with E-state index in [9.17, 15) is 0 Å². The Morgan fingerprint density at radius 3 is 2.69 bits per heavy atom. The molecule has 70 valence electrons. The molecule has 1 N–H and O–H groups in total. The van der Waals surface area contributed by atoms with Crippen molar-refractivity contribution in [3.63, 3.8) is 0 Å². The molecule has 1 nitrogen and oxygen atoms in total. The van der Waals surface area contributed by atoms with Crippen LogP contribution in [0.25, 0.3) is 0 Å². The zero-order chi connectivity index (χ0) is 9.26. The third-order valence-electron chi connectivity index (χ3n) is 2.41. The lowest BCUT2D eigenvalue weighted by Crippen LogP contribution is -2.43. The van der Waals surface area contributed by atoms with Gasteiger partial charge in [0.1, 0.15) is 0 Å². The molecule has 1 aromatic rings. The zero-order valence-electron chi connectivity index (χ0n) is 7.19. The van der Waals surface area contributed by atoms with Crippen LogP contribution in [-0.4, -0.2) is 13.1 Å². The lowest BCUT2D eigenvalue weighted by molar-refractivity contribution is 0.346. The zero-order valence-corrected chi connectivity index (χ0v) is 8.70. The summed E-state index contributed by atoms with van der Waals surface area (Å²) in [7, 11) is 0. The van der Waals surface area contributed by atoms with Crippen molar-refractivity contribution >= 4 is 23.2 Å². The molecule has 2 rings (SSSR count). The molecule has 1 aliphatic rings. The van der Waals surface area contributed by atoms with Gasteiger partial charge in [0.25, 0.3) is 0 Å². The first-order valence-corrected chi connectivity index (χ1v) is 5.16. The molecule has 13 heavy (non-hydrogen) atoms. The van der Waals surface area contributed by atoms with Gasteiger partial charge in [0, 0.05) is 0 Å². The summed E-state index contributed by atoms with van der Waals surface area (Å²) in [4.78, 5) is 0. The Bertz CT molecular complexity index is 308. The van der Waals surface area contributed by atoms with Crippen molar-refractivity contribution in [3.05, 3.63) is 33.8 Å². The highest BCUT2D eigenvalue weighted by atomic mass is 35.5. The van der Waals surface area contributed by atoms with Crippen LogP contribution >= 0.6 is 23.2 Å². The normalized spacial score (nSPS) is 17.1. The number of hydrogen-bond acceptors (Lipinski definition) is 1. The molecule has 1 heterocycles. The molecule has 0 atom stereocenters. The standard InChI is InChI=1S/C10H11Cl2N/c11-9-3-1-2-8(10(9)12)4-7-5-13-6-7/h1-3,7,13H,4-6H2. The van der Waals surface area contributed by atoms with Crippen LogP contribution in [0.5, 0.6) is 0 Å². The minimum absolute atomic E-state index is 0.659. The van der Waals surface area contributed by atoms with Crippen LogP contribution in [0.2, 0.25) is 10.0 Å². The van der Waals surface area contributed by atoms with E-state index in [-0.39, 0.29) is 0 Å². The average molecular weight is 216 g/mol. The van der Waals surface area contributed by atoms with Gasteiger partial charge < -0.3 is 5.32 Å². The number of nitrogens with one attached hydrogen (secondary N) is 1. The van der Waals surface area contributed by atoms with Gasteiger partial charge in [-0.3, -0.25) is 0 Å². The van der Waals surface area contributed by atoms with Gasteiger partial charge in [0.2, 0.25) is 0 Å². The lowest BCUT2D eigenvalue weighted by Gasteiger charge is -2.27. The minimum Gasteiger partial charge on any atom is -0.316 e. The molecule has 0 unspecified atom stereocenters. The Hall–Kier alpha value is -0.240. The van der Waals surface area contributed by atoms with E-state index in [0.29, 0.717) is 5.02 Å². The summed E-state index contributed by atoms with van der Waals surface area (Å²) in [6.07, 6.45) is 1.03. The topological polar surface area (TPSA) is 12.0 Å². The van der Waals surface area contributed by atoms with Gasteiger partial charge in [-0.2, -0.15) is 0 Å². The molecular formula is C10H11Cl2N. The Labute approximate surface area is 88.0 Å². The summed E-state index contributed by atoms with van der Waals surface area (Å²) in [5.41, 5.74) is 1.17. The van der Waals surface area contributed by atoms with Crippen LogP contribution in [0.1, 0.15) is 5.56 Å².